The molecule has 1 rings (SSSR count). The summed E-state index contributed by atoms with van der Waals surface area (Å²) in [5.41, 5.74) is -0.0370. The van der Waals surface area contributed by atoms with Gasteiger partial charge in [-0.15, -0.1) is 0 Å². The van der Waals surface area contributed by atoms with Crippen LogP contribution in [0.1, 0.15) is 17.3 Å². The van der Waals surface area contributed by atoms with Crippen LogP contribution in [0, 0.1) is 11.9 Å². The number of carbonyl (C=O) groups excluding carboxylic acids is 1. The largest absolute Gasteiger partial charge is 0.507 e. The van der Waals surface area contributed by atoms with Gasteiger partial charge >= 0.3 is 0 Å². The molecule has 0 bridgehead atoms. The van der Waals surface area contributed by atoms with Crippen molar-refractivity contribution in [2.75, 3.05) is 0 Å². The summed E-state index contributed by atoms with van der Waals surface area (Å²) in [5, 5.41) is 8.96. The zero-order chi connectivity index (χ0) is 8.43. The summed E-state index contributed by atoms with van der Waals surface area (Å²) in [6.45, 7) is 1.25. The second kappa shape index (κ2) is 2.70. The molecule has 1 aromatic rings. The molecule has 11 heavy (non-hydrogen) atoms. The van der Waals surface area contributed by atoms with Gasteiger partial charge in [-0.25, -0.2) is 4.39 Å². The number of hydrogen-bond donors (Lipinski definition) is 1. The molecule has 0 amide bonds. The first-order chi connectivity index (χ1) is 5.11. The van der Waals surface area contributed by atoms with E-state index < -0.39 is 5.82 Å². The fourth-order valence-electron chi connectivity index (χ4n) is 0.731. The molecule has 0 saturated carbocycles. The maximum atomic E-state index is 12.4. The summed E-state index contributed by atoms with van der Waals surface area (Å²) >= 11 is 0. The van der Waals surface area contributed by atoms with Gasteiger partial charge in [0.2, 0.25) is 0 Å². The fourth-order valence-corrected chi connectivity index (χ4v) is 0.731. The predicted molar refractivity (Wildman–Crippen MR) is 36.9 cm³/mol. The van der Waals surface area contributed by atoms with E-state index in [2.05, 4.69) is 6.07 Å². The maximum absolute atomic E-state index is 12.4. The molecule has 0 heterocycles. The summed E-state index contributed by atoms with van der Waals surface area (Å²) in [6.07, 6.45) is 0. The van der Waals surface area contributed by atoms with E-state index in [-0.39, 0.29) is 17.1 Å². The van der Waals surface area contributed by atoms with Gasteiger partial charge in [-0.2, -0.15) is 0 Å². The SMILES string of the molecule is CC(=O)c1cc(F)c[c]c1O. The Morgan fingerprint density at radius 1 is 1.73 bits per heavy atom. The van der Waals surface area contributed by atoms with E-state index in [0.29, 0.717) is 0 Å². The lowest BCUT2D eigenvalue weighted by atomic mass is 10.1. The van der Waals surface area contributed by atoms with Crippen molar-refractivity contribution in [3.05, 3.63) is 29.6 Å². The molecule has 0 unspecified atom stereocenters. The molecule has 0 aliphatic heterocycles. The van der Waals surface area contributed by atoms with Crippen LogP contribution in [-0.2, 0) is 0 Å². The molecule has 0 spiro atoms. The Morgan fingerprint density at radius 3 is 2.82 bits per heavy atom. The number of carbonyl (C=O) groups is 1. The number of ketones is 1. The highest BCUT2D eigenvalue weighted by atomic mass is 19.1. The molecule has 0 fully saturated rings. The minimum absolute atomic E-state index is 0.0370. The molecule has 0 aliphatic carbocycles. The minimum atomic E-state index is -0.576. The van der Waals surface area contributed by atoms with Gasteiger partial charge in [0, 0.05) is 6.07 Å². The van der Waals surface area contributed by atoms with Crippen molar-refractivity contribution in [3.8, 4) is 5.75 Å². The third-order valence-corrected chi connectivity index (χ3v) is 1.26. The van der Waals surface area contributed by atoms with Gasteiger partial charge in [0.05, 0.1) is 5.56 Å². The lowest BCUT2D eigenvalue weighted by Gasteiger charge is -1.97. The van der Waals surface area contributed by atoms with E-state index in [1.54, 1.807) is 0 Å². The Bertz CT molecular complexity index is 294. The molecule has 0 atom stereocenters. The zero-order valence-electron chi connectivity index (χ0n) is 5.89. The van der Waals surface area contributed by atoms with E-state index in [1.807, 2.05) is 0 Å². The summed E-state index contributed by atoms with van der Waals surface area (Å²) < 4.78 is 12.4. The molecule has 57 valence electrons. The van der Waals surface area contributed by atoms with E-state index in [4.69, 9.17) is 5.11 Å². The lowest BCUT2D eigenvalue weighted by molar-refractivity contribution is 0.101. The number of Topliss-reactive ketones (excluding diaryl/α,β-unsaturated/α-hetero) is 1. The predicted octanol–water partition coefficient (Wildman–Crippen LogP) is 1.53. The van der Waals surface area contributed by atoms with Crippen LogP contribution in [0.15, 0.2) is 12.1 Å². The third-order valence-electron chi connectivity index (χ3n) is 1.26. The molecule has 0 saturated heterocycles. The number of hydrogen-bond acceptors (Lipinski definition) is 2. The van der Waals surface area contributed by atoms with Gasteiger partial charge in [0.1, 0.15) is 11.6 Å². The van der Waals surface area contributed by atoms with Crippen LogP contribution >= 0.6 is 0 Å². The average Bonchev–Trinajstić information content (AvgIpc) is 1.94. The molecule has 1 radical (unpaired) electrons. The monoisotopic (exact) mass is 153 g/mol. The lowest BCUT2D eigenvalue weighted by Crippen LogP contribution is -1.93. The quantitative estimate of drug-likeness (QED) is 0.621. The summed E-state index contributed by atoms with van der Waals surface area (Å²) in [5.74, 6) is -1.26. The highest BCUT2D eigenvalue weighted by Gasteiger charge is 2.06. The Kier molecular flexibility index (Phi) is 1.89. The van der Waals surface area contributed by atoms with Crippen LogP contribution in [-0.4, -0.2) is 10.9 Å². The van der Waals surface area contributed by atoms with Gasteiger partial charge < -0.3 is 5.11 Å². The van der Waals surface area contributed by atoms with Crippen molar-refractivity contribution in [3.63, 3.8) is 0 Å². The van der Waals surface area contributed by atoms with Crippen molar-refractivity contribution >= 4 is 5.78 Å². The second-order valence-corrected chi connectivity index (χ2v) is 2.14. The first-order valence-electron chi connectivity index (χ1n) is 3.02. The van der Waals surface area contributed by atoms with Crippen molar-refractivity contribution in [2.45, 2.75) is 6.92 Å². The van der Waals surface area contributed by atoms with E-state index in [9.17, 15) is 9.18 Å². The number of aromatic hydroxyl groups is 1. The maximum Gasteiger partial charge on any atom is 0.163 e. The normalized spacial score (nSPS) is 9.64. The van der Waals surface area contributed by atoms with Crippen LogP contribution in [0.4, 0.5) is 4.39 Å². The van der Waals surface area contributed by atoms with Gasteiger partial charge in [-0.05, 0) is 19.1 Å². The first kappa shape index (κ1) is 7.72. The summed E-state index contributed by atoms with van der Waals surface area (Å²) in [6, 6.07) is 4.16. The summed E-state index contributed by atoms with van der Waals surface area (Å²) in [4.78, 5) is 10.7. The standard InChI is InChI=1S/C8H6FO2/c1-5(10)7-4-6(9)2-3-8(7)11/h2,4,11H,1H3. The molecular weight excluding hydrogens is 147 g/mol. The third kappa shape index (κ3) is 1.55. The fraction of sp³-hybridized carbons (Fsp3) is 0.125. The van der Waals surface area contributed by atoms with E-state index in [0.717, 1.165) is 12.1 Å². The second-order valence-electron chi connectivity index (χ2n) is 2.14. The van der Waals surface area contributed by atoms with E-state index in [1.165, 1.54) is 6.92 Å². The van der Waals surface area contributed by atoms with Crippen LogP contribution in [0.25, 0.3) is 0 Å². The Labute approximate surface area is 63.3 Å². The highest BCUT2D eigenvalue weighted by molar-refractivity contribution is 5.96. The molecular formula is C8H6FO2. The van der Waals surface area contributed by atoms with Crippen molar-refractivity contribution < 1.29 is 14.3 Å². The van der Waals surface area contributed by atoms with Gasteiger partial charge in [-0.1, -0.05) is 0 Å². The topological polar surface area (TPSA) is 37.3 Å². The Balaban J connectivity index is 3.23. The molecule has 0 aliphatic rings. The van der Waals surface area contributed by atoms with Gasteiger partial charge in [0.15, 0.2) is 5.78 Å². The number of benzene rings is 1. The Hall–Kier alpha value is -1.38. The van der Waals surface area contributed by atoms with Crippen molar-refractivity contribution in [2.24, 2.45) is 0 Å². The number of phenolic OH excluding ortho intramolecular Hbond substituents is 1. The van der Waals surface area contributed by atoms with Gasteiger partial charge in [0.25, 0.3) is 0 Å². The average molecular weight is 153 g/mol. The van der Waals surface area contributed by atoms with Crippen molar-refractivity contribution in [1.29, 1.82) is 0 Å². The minimum Gasteiger partial charge on any atom is -0.507 e. The molecule has 0 aromatic heterocycles. The van der Waals surface area contributed by atoms with Crippen LogP contribution in [0.3, 0.4) is 0 Å². The molecule has 1 aromatic carbocycles. The van der Waals surface area contributed by atoms with Crippen LogP contribution in [0.5, 0.6) is 5.75 Å². The molecule has 3 heteroatoms. The zero-order valence-corrected chi connectivity index (χ0v) is 5.89. The van der Waals surface area contributed by atoms with Crippen LogP contribution < -0.4 is 0 Å². The highest BCUT2D eigenvalue weighted by Crippen LogP contribution is 2.16. The molecule has 2 nitrogen and oxygen atoms in total. The smallest absolute Gasteiger partial charge is 0.163 e. The molecule has 1 N–H and O–H groups in total. The first-order valence-corrected chi connectivity index (χ1v) is 3.02. The Morgan fingerprint density at radius 2 is 2.36 bits per heavy atom. The number of halogens is 1. The number of rotatable bonds is 1. The number of phenols is 1. The van der Waals surface area contributed by atoms with E-state index >= 15 is 0 Å². The van der Waals surface area contributed by atoms with Crippen molar-refractivity contribution in [1.82, 2.24) is 0 Å². The summed E-state index contributed by atoms with van der Waals surface area (Å²) in [7, 11) is 0. The van der Waals surface area contributed by atoms with Gasteiger partial charge in [-0.3, -0.25) is 4.79 Å². The van der Waals surface area contributed by atoms with Crippen LogP contribution in [0.2, 0.25) is 0 Å².